The highest BCUT2D eigenvalue weighted by Crippen LogP contribution is 2.59. The van der Waals surface area contributed by atoms with Crippen molar-refractivity contribution < 1.29 is 14.8 Å². The Morgan fingerprint density at radius 3 is 2.09 bits per heavy atom. The number of hydroxylamine groups is 1. The predicted molar refractivity (Wildman–Crippen MR) is 134 cm³/mol. The van der Waals surface area contributed by atoms with E-state index in [9.17, 15) is 9.59 Å². The zero-order valence-corrected chi connectivity index (χ0v) is 20.3. The second kappa shape index (κ2) is 10.6. The molecule has 7 nitrogen and oxygen atoms in total. The summed E-state index contributed by atoms with van der Waals surface area (Å²) in [5, 5.41) is 14.9. The van der Waals surface area contributed by atoms with E-state index in [1.165, 1.54) is 30.3 Å². The minimum atomic E-state index is -1.01. The molecule has 3 fully saturated rings. The Labute approximate surface area is 206 Å². The molecule has 6 N–H and O–H groups in total. The molecule has 0 aliphatic heterocycles. The minimum Gasteiger partial charge on any atom is -0.339 e. The standard InChI is InChI=1S/C28H34N4O3/c1-28(2)22-13-23(28)15-24(14-22)30-17-20-7-5-18(6-8-20)3-4-19-9-11-21(12-10-19)26(33)31-25(16-29)27(34)32-35/h5-12,22-25,30,35H,13-17,29H2,1-2H3,(H,31,33)(H,32,34)/t22-,23-,25+/m1/s1. The van der Waals surface area contributed by atoms with Crippen LogP contribution in [0.1, 0.15) is 60.2 Å². The lowest BCUT2D eigenvalue weighted by atomic mass is 9.48. The van der Waals surface area contributed by atoms with Crippen LogP contribution in [-0.4, -0.2) is 35.7 Å². The Balaban J connectivity index is 1.27. The summed E-state index contributed by atoms with van der Waals surface area (Å²) >= 11 is 0. The van der Waals surface area contributed by atoms with E-state index in [-0.39, 0.29) is 6.54 Å². The topological polar surface area (TPSA) is 116 Å². The Morgan fingerprint density at radius 1 is 1.00 bits per heavy atom. The van der Waals surface area contributed by atoms with Crippen molar-refractivity contribution in [2.75, 3.05) is 6.54 Å². The maximum Gasteiger partial charge on any atom is 0.267 e. The molecule has 0 spiro atoms. The summed E-state index contributed by atoms with van der Waals surface area (Å²) in [6.07, 6.45) is 3.99. The van der Waals surface area contributed by atoms with Crippen LogP contribution in [0.4, 0.5) is 0 Å². The maximum absolute atomic E-state index is 12.3. The summed E-state index contributed by atoms with van der Waals surface area (Å²) in [5.41, 5.74) is 10.8. The van der Waals surface area contributed by atoms with Crippen LogP contribution in [0.25, 0.3) is 0 Å². The number of hydrogen-bond acceptors (Lipinski definition) is 5. The van der Waals surface area contributed by atoms with E-state index in [1.54, 1.807) is 24.3 Å². The van der Waals surface area contributed by atoms with Gasteiger partial charge in [0.2, 0.25) is 0 Å². The molecule has 2 amide bonds. The average Bonchev–Trinajstić information content (AvgIpc) is 2.89. The molecule has 5 rings (SSSR count). The normalized spacial score (nSPS) is 22.7. The van der Waals surface area contributed by atoms with E-state index in [4.69, 9.17) is 10.9 Å². The van der Waals surface area contributed by atoms with Crippen LogP contribution < -0.4 is 21.8 Å². The number of hydrogen-bond donors (Lipinski definition) is 5. The SMILES string of the molecule is CC1(C)[C@H]2CC(NCc3ccc(C#Cc4ccc(C(=O)N[C@@H](CN)C(=O)NO)cc4)cc3)C[C@H]1C2. The van der Waals surface area contributed by atoms with Gasteiger partial charge in [0.25, 0.3) is 11.8 Å². The van der Waals surface area contributed by atoms with Gasteiger partial charge in [-0.3, -0.25) is 14.8 Å². The fourth-order valence-corrected chi connectivity index (χ4v) is 5.24. The Kier molecular flexibility index (Phi) is 7.56. The van der Waals surface area contributed by atoms with Gasteiger partial charge in [-0.25, -0.2) is 5.48 Å². The predicted octanol–water partition coefficient (Wildman–Crippen LogP) is 2.56. The zero-order valence-electron chi connectivity index (χ0n) is 20.3. The van der Waals surface area contributed by atoms with E-state index in [1.807, 2.05) is 12.1 Å². The second-order valence-electron chi connectivity index (χ2n) is 10.3. The number of carbonyl (C=O) groups is 2. The largest absolute Gasteiger partial charge is 0.339 e. The Bertz CT molecular complexity index is 1100. The summed E-state index contributed by atoms with van der Waals surface area (Å²) in [4.78, 5) is 23.8. The highest BCUT2D eigenvalue weighted by Gasteiger charge is 2.52. The number of nitrogens with one attached hydrogen (secondary N) is 3. The smallest absolute Gasteiger partial charge is 0.267 e. The van der Waals surface area contributed by atoms with E-state index in [0.29, 0.717) is 17.0 Å². The van der Waals surface area contributed by atoms with Gasteiger partial charge >= 0.3 is 0 Å². The molecule has 0 saturated heterocycles. The summed E-state index contributed by atoms with van der Waals surface area (Å²) in [6, 6.07) is 14.7. The lowest BCUT2D eigenvalue weighted by Gasteiger charge is -2.59. The molecule has 184 valence electrons. The van der Waals surface area contributed by atoms with Crippen molar-refractivity contribution in [2.45, 2.75) is 51.7 Å². The van der Waals surface area contributed by atoms with Gasteiger partial charge in [-0.2, -0.15) is 0 Å². The number of nitrogens with two attached hydrogens (primary N) is 1. The Hall–Kier alpha value is -3.18. The van der Waals surface area contributed by atoms with Crippen LogP contribution in [0, 0.1) is 29.1 Å². The highest BCUT2D eigenvalue weighted by molar-refractivity contribution is 5.97. The van der Waals surface area contributed by atoms with Crippen molar-refractivity contribution >= 4 is 11.8 Å². The first-order valence-corrected chi connectivity index (χ1v) is 12.2. The van der Waals surface area contributed by atoms with Crippen molar-refractivity contribution in [1.29, 1.82) is 0 Å². The van der Waals surface area contributed by atoms with E-state index >= 15 is 0 Å². The third-order valence-electron chi connectivity index (χ3n) is 7.83. The van der Waals surface area contributed by atoms with Crippen LogP contribution in [-0.2, 0) is 11.3 Å². The first-order chi connectivity index (χ1) is 16.8. The van der Waals surface area contributed by atoms with Crippen LogP contribution in [0.3, 0.4) is 0 Å². The van der Waals surface area contributed by atoms with Crippen molar-refractivity contribution in [3.8, 4) is 11.8 Å². The van der Waals surface area contributed by atoms with Crippen LogP contribution in [0.5, 0.6) is 0 Å². The number of benzene rings is 2. The van der Waals surface area contributed by atoms with Crippen LogP contribution in [0.15, 0.2) is 48.5 Å². The molecule has 0 radical (unpaired) electrons. The van der Waals surface area contributed by atoms with Gasteiger partial charge < -0.3 is 16.4 Å². The quantitative estimate of drug-likeness (QED) is 0.240. The minimum absolute atomic E-state index is 0.129. The van der Waals surface area contributed by atoms with E-state index < -0.39 is 17.9 Å². The third kappa shape index (κ3) is 5.73. The lowest BCUT2D eigenvalue weighted by Crippen LogP contribution is -2.55. The molecular weight excluding hydrogens is 440 g/mol. The van der Waals surface area contributed by atoms with Gasteiger partial charge in [-0.1, -0.05) is 37.8 Å². The molecule has 3 aliphatic carbocycles. The van der Waals surface area contributed by atoms with Crippen molar-refractivity contribution in [1.82, 2.24) is 16.1 Å². The van der Waals surface area contributed by atoms with E-state index in [0.717, 1.165) is 29.5 Å². The van der Waals surface area contributed by atoms with E-state index in [2.05, 4.69) is 48.5 Å². The molecule has 2 aromatic carbocycles. The first-order valence-electron chi connectivity index (χ1n) is 12.2. The fourth-order valence-electron chi connectivity index (χ4n) is 5.24. The van der Waals surface area contributed by atoms with Gasteiger partial charge in [0, 0.05) is 35.8 Å². The van der Waals surface area contributed by atoms with Crippen LogP contribution in [0.2, 0.25) is 0 Å². The average molecular weight is 475 g/mol. The van der Waals surface area contributed by atoms with Gasteiger partial charge in [-0.05, 0) is 78.5 Å². The highest BCUT2D eigenvalue weighted by atomic mass is 16.5. The fraction of sp³-hybridized carbons (Fsp3) is 0.429. The summed E-state index contributed by atoms with van der Waals surface area (Å²) in [7, 11) is 0. The maximum atomic E-state index is 12.3. The molecule has 2 aromatic rings. The molecule has 7 heteroatoms. The summed E-state index contributed by atoms with van der Waals surface area (Å²) < 4.78 is 0. The second-order valence-corrected chi connectivity index (χ2v) is 10.3. The van der Waals surface area contributed by atoms with Gasteiger partial charge in [0.1, 0.15) is 6.04 Å². The molecule has 0 heterocycles. The molecule has 3 atom stereocenters. The molecule has 3 saturated carbocycles. The summed E-state index contributed by atoms with van der Waals surface area (Å²) in [5.74, 6) is 6.79. The zero-order chi connectivity index (χ0) is 25.0. The van der Waals surface area contributed by atoms with Crippen LogP contribution >= 0.6 is 0 Å². The number of fused-ring (bicyclic) bond motifs is 2. The molecule has 35 heavy (non-hydrogen) atoms. The molecular formula is C28H34N4O3. The third-order valence-corrected chi connectivity index (χ3v) is 7.83. The number of amides is 2. The molecule has 3 aliphatic rings. The number of carbonyl (C=O) groups excluding carboxylic acids is 2. The van der Waals surface area contributed by atoms with Gasteiger partial charge in [-0.15, -0.1) is 0 Å². The Morgan fingerprint density at radius 2 is 1.57 bits per heavy atom. The molecule has 2 bridgehead atoms. The van der Waals surface area contributed by atoms with Crippen molar-refractivity contribution in [2.24, 2.45) is 23.0 Å². The first kappa shape index (κ1) is 24.9. The van der Waals surface area contributed by atoms with Crippen molar-refractivity contribution in [3.05, 3.63) is 70.8 Å². The van der Waals surface area contributed by atoms with Crippen molar-refractivity contribution in [3.63, 3.8) is 0 Å². The lowest BCUT2D eigenvalue weighted by molar-refractivity contribution is -0.130. The van der Waals surface area contributed by atoms with Gasteiger partial charge in [0.05, 0.1) is 0 Å². The molecule has 0 unspecified atom stereocenters. The number of rotatable bonds is 7. The van der Waals surface area contributed by atoms with Gasteiger partial charge in [0.15, 0.2) is 0 Å². The summed E-state index contributed by atoms with van der Waals surface area (Å²) in [6.45, 7) is 5.60. The monoisotopic (exact) mass is 474 g/mol. The molecule has 0 aromatic heterocycles.